The van der Waals surface area contributed by atoms with Crippen molar-refractivity contribution in [2.75, 3.05) is 5.32 Å². The molecule has 2 heterocycles. The van der Waals surface area contributed by atoms with Gasteiger partial charge < -0.3 is 15.1 Å². The van der Waals surface area contributed by atoms with E-state index in [0.29, 0.717) is 23.9 Å². The lowest BCUT2D eigenvalue weighted by molar-refractivity contribution is 0.0943. The summed E-state index contributed by atoms with van der Waals surface area (Å²) in [7, 11) is 0. The molecule has 25 heavy (non-hydrogen) atoms. The van der Waals surface area contributed by atoms with Crippen LogP contribution in [-0.4, -0.2) is 10.9 Å². The first kappa shape index (κ1) is 16.8. The van der Waals surface area contributed by atoms with Gasteiger partial charge in [0.05, 0.1) is 12.8 Å². The molecule has 0 spiro atoms. The summed E-state index contributed by atoms with van der Waals surface area (Å²) >= 11 is 0. The number of rotatable bonds is 6. The van der Waals surface area contributed by atoms with E-state index in [0.717, 1.165) is 11.4 Å². The van der Waals surface area contributed by atoms with Gasteiger partial charge >= 0.3 is 0 Å². The molecule has 0 bridgehead atoms. The molecule has 0 aliphatic carbocycles. The lowest BCUT2D eigenvalue weighted by Crippen LogP contribution is -2.23. The van der Waals surface area contributed by atoms with Crippen LogP contribution in [-0.2, 0) is 6.54 Å². The molecule has 0 aliphatic rings. The maximum Gasteiger partial charge on any atom is 0.270 e. The highest BCUT2D eigenvalue weighted by molar-refractivity contribution is 5.93. The maximum atomic E-state index is 12.2. The molecule has 0 saturated carbocycles. The second-order valence-electron chi connectivity index (χ2n) is 6.09. The number of furan rings is 1. The van der Waals surface area contributed by atoms with Gasteiger partial charge in [0.1, 0.15) is 11.5 Å². The van der Waals surface area contributed by atoms with Crippen LogP contribution in [0.4, 0.5) is 11.4 Å². The summed E-state index contributed by atoms with van der Waals surface area (Å²) in [5.74, 6) is 0.961. The number of pyridine rings is 1. The highest BCUT2D eigenvalue weighted by Gasteiger charge is 2.09. The van der Waals surface area contributed by atoms with E-state index in [-0.39, 0.29) is 5.91 Å². The molecule has 3 aromatic rings. The first-order valence-electron chi connectivity index (χ1n) is 8.25. The Labute approximate surface area is 147 Å². The van der Waals surface area contributed by atoms with Gasteiger partial charge in [-0.1, -0.05) is 26.0 Å². The number of hydrogen-bond acceptors (Lipinski definition) is 4. The quantitative estimate of drug-likeness (QED) is 0.697. The molecule has 5 heteroatoms. The van der Waals surface area contributed by atoms with Crippen molar-refractivity contribution >= 4 is 17.3 Å². The molecule has 2 aromatic heterocycles. The Balaban J connectivity index is 1.65. The summed E-state index contributed by atoms with van der Waals surface area (Å²) < 4.78 is 5.20. The van der Waals surface area contributed by atoms with Crippen LogP contribution in [0, 0.1) is 0 Å². The van der Waals surface area contributed by atoms with Crippen molar-refractivity contribution in [2.24, 2.45) is 0 Å². The third kappa shape index (κ3) is 4.47. The number of nitrogens with one attached hydrogen (secondary N) is 2. The summed E-state index contributed by atoms with van der Waals surface area (Å²) in [6, 6.07) is 15.4. The van der Waals surface area contributed by atoms with Crippen molar-refractivity contribution in [2.45, 2.75) is 26.3 Å². The Morgan fingerprint density at radius 3 is 2.60 bits per heavy atom. The van der Waals surface area contributed by atoms with E-state index in [2.05, 4.69) is 41.6 Å². The van der Waals surface area contributed by atoms with E-state index in [9.17, 15) is 4.79 Å². The van der Waals surface area contributed by atoms with Gasteiger partial charge in [-0.3, -0.25) is 9.78 Å². The molecule has 1 aromatic carbocycles. The molecule has 1 amide bonds. The fraction of sp³-hybridized carbons (Fsp3) is 0.200. The minimum Gasteiger partial charge on any atom is -0.467 e. The smallest absolute Gasteiger partial charge is 0.270 e. The Morgan fingerprint density at radius 1 is 1.12 bits per heavy atom. The summed E-state index contributed by atoms with van der Waals surface area (Å²) in [6.45, 7) is 4.67. The second kappa shape index (κ2) is 7.66. The monoisotopic (exact) mass is 335 g/mol. The summed E-state index contributed by atoms with van der Waals surface area (Å²) in [5.41, 5.74) is 3.43. The van der Waals surface area contributed by atoms with E-state index < -0.39 is 0 Å². The van der Waals surface area contributed by atoms with Gasteiger partial charge in [0.25, 0.3) is 5.91 Å². The van der Waals surface area contributed by atoms with Crippen LogP contribution in [0.5, 0.6) is 0 Å². The summed E-state index contributed by atoms with van der Waals surface area (Å²) in [4.78, 5) is 16.4. The Morgan fingerprint density at radius 2 is 1.92 bits per heavy atom. The van der Waals surface area contributed by atoms with Crippen LogP contribution in [0.2, 0.25) is 0 Å². The molecular weight excluding hydrogens is 314 g/mol. The normalized spacial score (nSPS) is 10.7. The van der Waals surface area contributed by atoms with Crippen molar-refractivity contribution in [1.82, 2.24) is 10.3 Å². The Bertz CT molecular complexity index is 824. The highest BCUT2D eigenvalue weighted by atomic mass is 16.3. The van der Waals surface area contributed by atoms with Gasteiger partial charge in [0.15, 0.2) is 0 Å². The van der Waals surface area contributed by atoms with E-state index in [1.807, 2.05) is 24.3 Å². The highest BCUT2D eigenvalue weighted by Crippen LogP contribution is 2.20. The number of aromatic nitrogens is 1. The fourth-order valence-electron chi connectivity index (χ4n) is 2.42. The second-order valence-corrected chi connectivity index (χ2v) is 6.09. The van der Waals surface area contributed by atoms with E-state index in [4.69, 9.17) is 4.42 Å². The van der Waals surface area contributed by atoms with Crippen molar-refractivity contribution in [3.63, 3.8) is 0 Å². The SMILES string of the molecule is CC(C)c1ccc(Nc2ccnc(C(=O)NCc3ccco3)c2)cc1. The number of carbonyl (C=O) groups is 1. The Hall–Kier alpha value is -3.08. The van der Waals surface area contributed by atoms with E-state index >= 15 is 0 Å². The average molecular weight is 335 g/mol. The van der Waals surface area contributed by atoms with Crippen molar-refractivity contribution in [3.8, 4) is 0 Å². The zero-order valence-electron chi connectivity index (χ0n) is 14.3. The minimum absolute atomic E-state index is 0.241. The average Bonchev–Trinajstić information content (AvgIpc) is 3.14. The molecule has 3 rings (SSSR count). The van der Waals surface area contributed by atoms with Crippen molar-refractivity contribution in [3.05, 3.63) is 78.0 Å². The van der Waals surface area contributed by atoms with Gasteiger partial charge in [-0.15, -0.1) is 0 Å². The van der Waals surface area contributed by atoms with Crippen LogP contribution < -0.4 is 10.6 Å². The fourth-order valence-corrected chi connectivity index (χ4v) is 2.42. The molecular formula is C20H21N3O2. The molecule has 0 saturated heterocycles. The molecule has 0 atom stereocenters. The zero-order chi connectivity index (χ0) is 17.6. The van der Waals surface area contributed by atoms with Crippen molar-refractivity contribution < 1.29 is 9.21 Å². The molecule has 128 valence electrons. The standard InChI is InChI=1S/C20H21N3O2/c1-14(2)15-5-7-16(8-6-15)23-17-9-10-21-19(12-17)20(24)22-13-18-4-3-11-25-18/h3-12,14H,13H2,1-2H3,(H,21,23)(H,22,24). The molecule has 0 fully saturated rings. The first-order valence-corrected chi connectivity index (χ1v) is 8.25. The van der Waals surface area contributed by atoms with Crippen LogP contribution in [0.1, 0.15) is 41.6 Å². The molecule has 0 aliphatic heterocycles. The molecule has 0 radical (unpaired) electrons. The topological polar surface area (TPSA) is 67.2 Å². The number of benzene rings is 1. The number of amides is 1. The maximum absolute atomic E-state index is 12.2. The largest absolute Gasteiger partial charge is 0.467 e. The van der Waals surface area contributed by atoms with Gasteiger partial charge in [0.2, 0.25) is 0 Å². The van der Waals surface area contributed by atoms with Crippen molar-refractivity contribution in [1.29, 1.82) is 0 Å². The predicted molar refractivity (Wildman–Crippen MR) is 97.9 cm³/mol. The van der Waals surface area contributed by atoms with E-state index in [1.165, 1.54) is 5.56 Å². The van der Waals surface area contributed by atoms with Gasteiger partial charge in [-0.05, 0) is 47.9 Å². The molecule has 0 unspecified atom stereocenters. The zero-order valence-corrected chi connectivity index (χ0v) is 14.3. The van der Waals surface area contributed by atoms with Crippen LogP contribution >= 0.6 is 0 Å². The molecule has 5 nitrogen and oxygen atoms in total. The summed E-state index contributed by atoms with van der Waals surface area (Å²) in [5, 5.41) is 6.09. The summed E-state index contributed by atoms with van der Waals surface area (Å²) in [6.07, 6.45) is 3.20. The lowest BCUT2D eigenvalue weighted by atomic mass is 10.0. The third-order valence-corrected chi connectivity index (χ3v) is 3.86. The number of anilines is 2. The number of hydrogen-bond donors (Lipinski definition) is 2. The van der Waals surface area contributed by atoms with Gasteiger partial charge in [0, 0.05) is 17.6 Å². The van der Waals surface area contributed by atoms with E-state index in [1.54, 1.807) is 24.6 Å². The minimum atomic E-state index is -0.241. The number of carbonyl (C=O) groups excluding carboxylic acids is 1. The lowest BCUT2D eigenvalue weighted by Gasteiger charge is -2.10. The third-order valence-electron chi connectivity index (χ3n) is 3.86. The molecule has 2 N–H and O–H groups in total. The van der Waals surface area contributed by atoms with Gasteiger partial charge in [-0.25, -0.2) is 0 Å². The van der Waals surface area contributed by atoms with Crippen LogP contribution in [0.3, 0.4) is 0 Å². The van der Waals surface area contributed by atoms with Gasteiger partial charge in [-0.2, -0.15) is 0 Å². The van der Waals surface area contributed by atoms with Crippen LogP contribution in [0.15, 0.2) is 65.4 Å². The van der Waals surface area contributed by atoms with Crippen LogP contribution in [0.25, 0.3) is 0 Å². The first-order chi connectivity index (χ1) is 12.1. The predicted octanol–water partition coefficient (Wildman–Crippen LogP) is 4.47. The number of nitrogens with zero attached hydrogens (tertiary/aromatic N) is 1. The Kier molecular flexibility index (Phi) is 5.14.